The Kier molecular flexibility index (Phi) is 4.60. The second-order valence-corrected chi connectivity index (χ2v) is 9.39. The first-order chi connectivity index (χ1) is 6.29. The van der Waals surface area contributed by atoms with E-state index in [1.165, 1.54) is 5.19 Å². The quantitative estimate of drug-likeness (QED) is 0.572. The van der Waals surface area contributed by atoms with Crippen molar-refractivity contribution in [3.05, 3.63) is 30.3 Å². The number of rotatable bonds is 4. The van der Waals surface area contributed by atoms with Crippen LogP contribution in [0.4, 0.5) is 0 Å². The van der Waals surface area contributed by atoms with Gasteiger partial charge in [-0.2, -0.15) is 0 Å². The van der Waals surface area contributed by atoms with Crippen LogP contribution in [0.2, 0.25) is 0 Å². The molecule has 0 heterocycles. The van der Waals surface area contributed by atoms with E-state index in [1.54, 1.807) is 0 Å². The molecule has 4 heteroatoms. The lowest BCUT2D eigenvalue weighted by atomic mass is 10.4. The fraction of sp³-hybridized carbons (Fsp3) is 0.333. The van der Waals surface area contributed by atoms with Gasteiger partial charge < -0.3 is 0 Å². The van der Waals surface area contributed by atoms with Crippen molar-refractivity contribution in [2.24, 2.45) is 0 Å². The maximum absolute atomic E-state index is 5.95. The first-order valence-corrected chi connectivity index (χ1v) is 8.25. The van der Waals surface area contributed by atoms with Gasteiger partial charge in [0.05, 0.1) is 0 Å². The largest absolute Gasteiger partial charge is 0.131 e. The van der Waals surface area contributed by atoms with Gasteiger partial charge in [0, 0.05) is 16.5 Å². The van der Waals surface area contributed by atoms with E-state index < -0.39 is 8.07 Å². The summed E-state index contributed by atoms with van der Waals surface area (Å²) < 4.78 is 0. The van der Waals surface area contributed by atoms with Gasteiger partial charge in [0.2, 0.25) is 0 Å². The maximum atomic E-state index is 5.95. The van der Waals surface area contributed by atoms with Crippen LogP contribution in [0.15, 0.2) is 30.3 Å². The second-order valence-electron chi connectivity index (χ2n) is 3.05. The fourth-order valence-corrected chi connectivity index (χ4v) is 6.67. The lowest BCUT2D eigenvalue weighted by Gasteiger charge is -2.24. The molecule has 72 valence electrons. The molecule has 0 aliphatic heterocycles. The van der Waals surface area contributed by atoms with Crippen LogP contribution in [-0.2, 0) is 0 Å². The third kappa shape index (κ3) is 2.41. The van der Waals surface area contributed by atoms with E-state index in [0.717, 1.165) is 0 Å². The molecule has 0 aliphatic rings. The van der Waals surface area contributed by atoms with Crippen LogP contribution in [0.1, 0.15) is 0 Å². The van der Waals surface area contributed by atoms with Crippen molar-refractivity contribution in [1.82, 2.24) is 0 Å². The molecule has 0 aliphatic carbocycles. The van der Waals surface area contributed by atoms with Gasteiger partial charge >= 0.3 is 0 Å². The molecule has 0 saturated heterocycles. The van der Waals surface area contributed by atoms with Gasteiger partial charge in [0.1, 0.15) is 8.07 Å². The highest BCUT2D eigenvalue weighted by molar-refractivity contribution is 7.02. The molecule has 1 rings (SSSR count). The van der Waals surface area contributed by atoms with Crippen LogP contribution in [-0.4, -0.2) is 24.6 Å². The van der Waals surface area contributed by atoms with Crippen LogP contribution in [0.25, 0.3) is 0 Å². The van der Waals surface area contributed by atoms with Gasteiger partial charge in [-0.1, -0.05) is 35.5 Å². The molecule has 0 amide bonds. The highest BCUT2D eigenvalue weighted by Crippen LogP contribution is 2.10. The Hall–Kier alpha value is 0.307. The molecule has 13 heavy (non-hydrogen) atoms. The molecule has 0 saturated carbocycles. The molecule has 0 unspecified atom stereocenters. The Balaban J connectivity index is 3.01. The fourth-order valence-electron chi connectivity index (χ4n) is 1.13. The molecule has 1 aromatic rings. The normalized spacial score (nSPS) is 11.6. The van der Waals surface area contributed by atoms with Gasteiger partial charge in [-0.05, 0) is 0 Å². The first kappa shape index (κ1) is 11.4. The van der Waals surface area contributed by atoms with Crippen molar-refractivity contribution >= 4 is 48.1 Å². The van der Waals surface area contributed by atoms with Gasteiger partial charge in [-0.15, -0.1) is 34.8 Å². The van der Waals surface area contributed by atoms with E-state index >= 15 is 0 Å². The molecule has 0 aromatic heterocycles. The lowest BCUT2D eigenvalue weighted by Crippen LogP contribution is -2.55. The summed E-state index contributed by atoms with van der Waals surface area (Å²) in [5.74, 6) is 0. The summed E-state index contributed by atoms with van der Waals surface area (Å²) in [7, 11) is -1.80. The van der Waals surface area contributed by atoms with Gasteiger partial charge in [0.25, 0.3) is 0 Å². The number of hydrogen-bond donors (Lipinski definition) is 0. The molecular formula is C9H11Cl3Si. The highest BCUT2D eigenvalue weighted by Gasteiger charge is 2.32. The van der Waals surface area contributed by atoms with Crippen LogP contribution < -0.4 is 5.19 Å². The van der Waals surface area contributed by atoms with Crippen molar-refractivity contribution in [2.75, 3.05) is 16.5 Å². The maximum Gasteiger partial charge on any atom is 0.131 e. The molecular weight excluding hydrogens is 243 g/mol. The van der Waals surface area contributed by atoms with E-state index in [4.69, 9.17) is 34.8 Å². The Morgan fingerprint density at radius 1 is 0.846 bits per heavy atom. The molecule has 1 aromatic carbocycles. The van der Waals surface area contributed by atoms with E-state index in [1.807, 2.05) is 18.2 Å². The first-order valence-electron chi connectivity index (χ1n) is 4.02. The molecule has 0 bridgehead atoms. The van der Waals surface area contributed by atoms with E-state index in [2.05, 4.69) is 12.1 Å². The summed E-state index contributed by atoms with van der Waals surface area (Å²) in [5.41, 5.74) is 1.76. The zero-order chi connectivity index (χ0) is 9.73. The van der Waals surface area contributed by atoms with Crippen LogP contribution >= 0.6 is 34.8 Å². The molecule has 0 atom stereocenters. The highest BCUT2D eigenvalue weighted by atomic mass is 35.5. The molecule has 0 nitrogen and oxygen atoms in total. The van der Waals surface area contributed by atoms with Crippen molar-refractivity contribution in [2.45, 2.75) is 0 Å². The smallest absolute Gasteiger partial charge is 0.130 e. The monoisotopic (exact) mass is 252 g/mol. The van der Waals surface area contributed by atoms with E-state index in [0.29, 0.717) is 16.5 Å². The molecule has 0 N–H and O–H groups in total. The summed E-state index contributed by atoms with van der Waals surface area (Å²) >= 11 is 17.9. The van der Waals surface area contributed by atoms with Crippen LogP contribution in [0.5, 0.6) is 0 Å². The standard InChI is InChI=1S/C9H11Cl3Si/c10-6-13(7-11,8-12)9-4-2-1-3-5-9/h1-5H,6-8H2. The van der Waals surface area contributed by atoms with Crippen molar-refractivity contribution in [1.29, 1.82) is 0 Å². The number of alkyl halides is 3. The number of hydrogen-bond acceptors (Lipinski definition) is 0. The Labute approximate surface area is 94.8 Å². The average Bonchev–Trinajstić information content (AvgIpc) is 2.23. The Bertz CT molecular complexity index is 238. The minimum Gasteiger partial charge on any atom is -0.130 e. The number of benzene rings is 1. The zero-order valence-corrected chi connectivity index (χ0v) is 10.4. The van der Waals surface area contributed by atoms with Crippen molar-refractivity contribution in [3.8, 4) is 0 Å². The Morgan fingerprint density at radius 3 is 1.69 bits per heavy atom. The van der Waals surface area contributed by atoms with Gasteiger partial charge in [-0.3, -0.25) is 0 Å². The summed E-state index contributed by atoms with van der Waals surface area (Å²) in [6.45, 7) is 0. The van der Waals surface area contributed by atoms with E-state index in [9.17, 15) is 0 Å². The van der Waals surface area contributed by atoms with Crippen molar-refractivity contribution < 1.29 is 0 Å². The topological polar surface area (TPSA) is 0 Å². The summed E-state index contributed by atoms with van der Waals surface area (Å²) in [5, 5.41) is 1.25. The lowest BCUT2D eigenvalue weighted by molar-refractivity contribution is 1.61. The predicted molar refractivity (Wildman–Crippen MR) is 64.0 cm³/mol. The molecule has 0 spiro atoms. The van der Waals surface area contributed by atoms with Gasteiger partial charge in [-0.25, -0.2) is 0 Å². The average molecular weight is 254 g/mol. The molecule has 0 fully saturated rings. The Morgan fingerprint density at radius 2 is 1.31 bits per heavy atom. The number of halogens is 3. The predicted octanol–water partition coefficient (Wildman–Crippen LogP) is 2.68. The third-order valence-electron chi connectivity index (χ3n) is 2.15. The van der Waals surface area contributed by atoms with Gasteiger partial charge in [0.15, 0.2) is 0 Å². The summed E-state index contributed by atoms with van der Waals surface area (Å²) in [6.07, 6.45) is 0. The van der Waals surface area contributed by atoms with E-state index in [-0.39, 0.29) is 0 Å². The minimum absolute atomic E-state index is 0.587. The molecule has 0 radical (unpaired) electrons. The summed E-state index contributed by atoms with van der Waals surface area (Å²) in [6, 6.07) is 10.1. The SMILES string of the molecule is ClC[Si](CCl)(CCl)c1ccccc1. The second kappa shape index (κ2) is 5.25. The summed E-state index contributed by atoms with van der Waals surface area (Å²) in [4.78, 5) is 0. The zero-order valence-electron chi connectivity index (χ0n) is 7.14. The minimum atomic E-state index is -1.80. The van der Waals surface area contributed by atoms with Crippen molar-refractivity contribution in [3.63, 3.8) is 0 Å². The van der Waals surface area contributed by atoms with Crippen LogP contribution in [0.3, 0.4) is 0 Å². The third-order valence-corrected chi connectivity index (χ3v) is 9.85. The van der Waals surface area contributed by atoms with Crippen LogP contribution in [0, 0.1) is 0 Å².